The van der Waals surface area contributed by atoms with Gasteiger partial charge in [0.15, 0.2) is 12.4 Å². The lowest BCUT2D eigenvalue weighted by Gasteiger charge is -2.14. The van der Waals surface area contributed by atoms with Gasteiger partial charge in [0, 0.05) is 19.7 Å². The highest BCUT2D eigenvalue weighted by Gasteiger charge is 2.23. The molecule has 2 aromatic rings. The van der Waals surface area contributed by atoms with E-state index in [9.17, 15) is 24.5 Å². The van der Waals surface area contributed by atoms with Crippen molar-refractivity contribution < 1.29 is 14.5 Å². The van der Waals surface area contributed by atoms with Gasteiger partial charge in [-0.25, -0.2) is 4.79 Å². The Morgan fingerprint density at radius 3 is 2.59 bits per heavy atom. The number of hydrogen-bond donors (Lipinski definition) is 1. The summed E-state index contributed by atoms with van der Waals surface area (Å²) >= 11 is 0. The molecule has 10 nitrogen and oxygen atoms in total. The monoisotopic (exact) mass is 376 g/mol. The molecule has 0 unspecified atom stereocenters. The molecule has 10 heteroatoms. The zero-order valence-electron chi connectivity index (χ0n) is 15.2. The molecule has 1 aromatic heterocycles. The van der Waals surface area contributed by atoms with E-state index in [1.165, 1.54) is 19.2 Å². The molecule has 1 heterocycles. The van der Waals surface area contributed by atoms with Crippen LogP contribution in [0.15, 0.2) is 27.8 Å². The summed E-state index contributed by atoms with van der Waals surface area (Å²) in [6.07, 6.45) is 0.571. The molecule has 0 spiro atoms. The van der Waals surface area contributed by atoms with Crippen LogP contribution in [0.3, 0.4) is 0 Å². The zero-order valence-corrected chi connectivity index (χ0v) is 15.2. The summed E-state index contributed by atoms with van der Waals surface area (Å²) in [5.41, 5.74) is 4.41. The van der Waals surface area contributed by atoms with E-state index in [0.717, 1.165) is 9.13 Å². The van der Waals surface area contributed by atoms with Gasteiger partial charge in [-0.1, -0.05) is 13.0 Å². The van der Waals surface area contributed by atoms with Crippen LogP contribution in [0.5, 0.6) is 5.75 Å². The first-order valence-corrected chi connectivity index (χ1v) is 8.19. The molecule has 0 radical (unpaired) electrons. The Balaban J connectivity index is 2.39. The van der Waals surface area contributed by atoms with E-state index in [2.05, 4.69) is 0 Å². The van der Waals surface area contributed by atoms with Crippen LogP contribution in [0, 0.1) is 17.0 Å². The van der Waals surface area contributed by atoms with Gasteiger partial charge < -0.3 is 10.5 Å². The standard InChI is InChI=1S/C17H20N4O6/c1-4-7-20-15(18)14(16(23)19(3)17(20)24)12(22)9-27-13-6-5-10(2)8-11(13)21(25)26/h5-6,8H,4,7,9,18H2,1-3H3. The molecule has 0 atom stereocenters. The van der Waals surface area contributed by atoms with Gasteiger partial charge in [-0.05, 0) is 25.0 Å². The Hall–Kier alpha value is -3.43. The molecule has 2 N–H and O–H groups in total. The van der Waals surface area contributed by atoms with Crippen molar-refractivity contribution in [3.8, 4) is 5.75 Å². The summed E-state index contributed by atoms with van der Waals surface area (Å²) in [4.78, 5) is 47.5. The van der Waals surface area contributed by atoms with Crippen LogP contribution in [0.25, 0.3) is 0 Å². The number of nitrogens with two attached hydrogens (primary N) is 1. The van der Waals surface area contributed by atoms with Gasteiger partial charge in [0.1, 0.15) is 11.4 Å². The highest BCUT2D eigenvalue weighted by Crippen LogP contribution is 2.27. The number of aromatic nitrogens is 2. The molecule has 0 fully saturated rings. The van der Waals surface area contributed by atoms with Crippen molar-refractivity contribution in [1.82, 2.24) is 9.13 Å². The van der Waals surface area contributed by atoms with E-state index in [-0.39, 0.29) is 29.4 Å². The minimum Gasteiger partial charge on any atom is -0.478 e. The van der Waals surface area contributed by atoms with Gasteiger partial charge in [0.25, 0.3) is 5.56 Å². The average Bonchev–Trinajstić information content (AvgIpc) is 2.62. The van der Waals surface area contributed by atoms with Crippen molar-refractivity contribution in [2.45, 2.75) is 26.8 Å². The van der Waals surface area contributed by atoms with Crippen molar-refractivity contribution in [1.29, 1.82) is 0 Å². The zero-order chi connectivity index (χ0) is 20.3. The van der Waals surface area contributed by atoms with Gasteiger partial charge in [0.2, 0.25) is 5.78 Å². The number of rotatable bonds is 7. The summed E-state index contributed by atoms with van der Waals surface area (Å²) in [6, 6.07) is 4.29. The summed E-state index contributed by atoms with van der Waals surface area (Å²) < 4.78 is 7.21. The molecule has 2 rings (SSSR count). The lowest BCUT2D eigenvalue weighted by Crippen LogP contribution is -2.43. The third-order valence-electron chi connectivity index (χ3n) is 3.98. The SMILES string of the molecule is CCCn1c(N)c(C(=O)COc2ccc(C)cc2[N+](=O)[O-])c(=O)n(C)c1=O. The van der Waals surface area contributed by atoms with Crippen LogP contribution < -0.4 is 21.7 Å². The number of ketones is 1. The number of nitro benzene ring substituents is 1. The molecule has 0 aliphatic carbocycles. The molecule has 0 saturated carbocycles. The lowest BCUT2D eigenvalue weighted by molar-refractivity contribution is -0.385. The smallest absolute Gasteiger partial charge is 0.332 e. The summed E-state index contributed by atoms with van der Waals surface area (Å²) in [5.74, 6) is -1.11. The van der Waals surface area contributed by atoms with Crippen LogP contribution in [0.4, 0.5) is 11.5 Å². The minimum atomic E-state index is -0.836. The van der Waals surface area contributed by atoms with E-state index in [1.54, 1.807) is 13.0 Å². The second-order valence-electron chi connectivity index (χ2n) is 6.00. The van der Waals surface area contributed by atoms with E-state index in [1.807, 2.05) is 6.92 Å². The van der Waals surface area contributed by atoms with Gasteiger partial charge in [-0.15, -0.1) is 0 Å². The second-order valence-corrected chi connectivity index (χ2v) is 6.00. The number of Topliss-reactive ketones (excluding diaryl/α,β-unsaturated/α-hetero) is 1. The van der Waals surface area contributed by atoms with Crippen LogP contribution in [0.1, 0.15) is 29.3 Å². The fraction of sp³-hybridized carbons (Fsp3) is 0.353. The summed E-state index contributed by atoms with van der Waals surface area (Å²) in [7, 11) is 1.25. The molecular weight excluding hydrogens is 356 g/mol. The highest BCUT2D eigenvalue weighted by molar-refractivity contribution is 6.00. The maximum Gasteiger partial charge on any atom is 0.332 e. The average molecular weight is 376 g/mol. The van der Waals surface area contributed by atoms with Gasteiger partial charge in [0.05, 0.1) is 4.92 Å². The van der Waals surface area contributed by atoms with Crippen molar-refractivity contribution >= 4 is 17.3 Å². The maximum atomic E-state index is 12.5. The normalized spacial score (nSPS) is 10.6. The number of hydrogen-bond acceptors (Lipinski definition) is 7. The van der Waals surface area contributed by atoms with Crippen LogP contribution in [-0.2, 0) is 13.6 Å². The number of carbonyl (C=O) groups is 1. The third-order valence-corrected chi connectivity index (χ3v) is 3.98. The highest BCUT2D eigenvalue weighted by atomic mass is 16.6. The Morgan fingerprint density at radius 1 is 1.33 bits per heavy atom. The van der Waals surface area contributed by atoms with Crippen molar-refractivity contribution in [3.05, 3.63) is 60.3 Å². The maximum absolute atomic E-state index is 12.5. The molecule has 0 aliphatic heterocycles. The van der Waals surface area contributed by atoms with Gasteiger partial charge in [-0.3, -0.25) is 28.8 Å². The van der Waals surface area contributed by atoms with E-state index in [0.29, 0.717) is 12.0 Å². The quantitative estimate of drug-likeness (QED) is 0.432. The Bertz CT molecular complexity index is 1020. The number of aryl methyl sites for hydroxylation is 1. The van der Waals surface area contributed by atoms with Crippen molar-refractivity contribution in [3.63, 3.8) is 0 Å². The number of nitro groups is 1. The van der Waals surface area contributed by atoms with Crippen LogP contribution in [-0.4, -0.2) is 26.4 Å². The number of nitrogens with zero attached hydrogens (tertiary/aromatic N) is 3. The summed E-state index contributed by atoms with van der Waals surface area (Å²) in [6.45, 7) is 3.11. The number of nitrogen functional groups attached to an aromatic ring is 1. The molecule has 144 valence electrons. The fourth-order valence-electron chi connectivity index (χ4n) is 2.59. The molecular formula is C17H20N4O6. The first kappa shape index (κ1) is 19.9. The van der Waals surface area contributed by atoms with E-state index >= 15 is 0 Å². The number of benzene rings is 1. The van der Waals surface area contributed by atoms with Crippen LogP contribution in [0.2, 0.25) is 0 Å². The Labute approximate surface area is 153 Å². The fourth-order valence-corrected chi connectivity index (χ4v) is 2.59. The lowest BCUT2D eigenvalue weighted by atomic mass is 10.2. The van der Waals surface area contributed by atoms with Crippen LogP contribution >= 0.6 is 0 Å². The molecule has 0 saturated heterocycles. The molecule has 27 heavy (non-hydrogen) atoms. The molecule has 0 aliphatic rings. The predicted octanol–water partition coefficient (Wildman–Crippen LogP) is 1.02. The first-order chi connectivity index (χ1) is 12.7. The molecule has 0 bridgehead atoms. The minimum absolute atomic E-state index is 0.101. The Kier molecular flexibility index (Phi) is 5.78. The van der Waals surface area contributed by atoms with Crippen molar-refractivity contribution in [2.24, 2.45) is 7.05 Å². The second kappa shape index (κ2) is 7.85. The predicted molar refractivity (Wildman–Crippen MR) is 98.3 cm³/mol. The number of anilines is 1. The van der Waals surface area contributed by atoms with Crippen molar-refractivity contribution in [2.75, 3.05) is 12.3 Å². The molecule has 0 amide bonds. The third kappa shape index (κ3) is 3.89. The Morgan fingerprint density at radius 2 is 2.00 bits per heavy atom. The number of ether oxygens (including phenoxy) is 1. The summed E-state index contributed by atoms with van der Waals surface area (Å²) in [5, 5.41) is 11.1. The molecule has 1 aromatic carbocycles. The van der Waals surface area contributed by atoms with Gasteiger partial charge >= 0.3 is 11.4 Å². The van der Waals surface area contributed by atoms with E-state index < -0.39 is 28.6 Å². The topological polar surface area (TPSA) is 139 Å². The number of carbonyl (C=O) groups excluding carboxylic acids is 1. The van der Waals surface area contributed by atoms with Gasteiger partial charge in [-0.2, -0.15) is 0 Å². The largest absolute Gasteiger partial charge is 0.478 e. The van der Waals surface area contributed by atoms with E-state index in [4.69, 9.17) is 10.5 Å². The first-order valence-electron chi connectivity index (χ1n) is 8.19.